The van der Waals surface area contributed by atoms with Crippen molar-refractivity contribution < 1.29 is 27.1 Å². The lowest BCUT2D eigenvalue weighted by Crippen LogP contribution is -2.40. The second-order valence-corrected chi connectivity index (χ2v) is 6.53. The quantitative estimate of drug-likeness (QED) is 0.876. The van der Waals surface area contributed by atoms with Gasteiger partial charge in [-0.1, -0.05) is 0 Å². The Morgan fingerprint density at radius 3 is 2.26 bits per heavy atom. The summed E-state index contributed by atoms with van der Waals surface area (Å²) in [4.78, 5) is 12.2. The Morgan fingerprint density at radius 1 is 1.16 bits per heavy atom. The monoisotopic (exact) mass is 291 g/mol. The molecule has 0 atom stereocenters. The summed E-state index contributed by atoms with van der Waals surface area (Å²) >= 11 is 0. The van der Waals surface area contributed by atoms with Crippen molar-refractivity contribution in [3.05, 3.63) is 29.3 Å². The fraction of sp³-hybridized carbons (Fsp3) is 0.364. The Labute approximate surface area is 108 Å². The van der Waals surface area contributed by atoms with E-state index in [-0.39, 0.29) is 30.3 Å². The van der Waals surface area contributed by atoms with Gasteiger partial charge < -0.3 is 10.0 Å². The minimum Gasteiger partial charge on any atom is -0.478 e. The number of hydrogen-bond donors (Lipinski definition) is 1. The average molecular weight is 291 g/mol. The first-order chi connectivity index (χ1) is 8.80. The standard InChI is InChI=1S/C11H11F2NO4S/c12-8-6-9(13)10(5-7(8)11(15)16)14-1-3-19(17,18)4-2-14/h5-6H,1-4H2,(H,15,16). The van der Waals surface area contributed by atoms with Crippen LogP contribution in [0.1, 0.15) is 10.4 Å². The predicted octanol–water partition coefficient (Wildman–Crippen LogP) is 0.898. The number of benzene rings is 1. The van der Waals surface area contributed by atoms with Crippen molar-refractivity contribution in [2.24, 2.45) is 0 Å². The molecule has 0 radical (unpaired) electrons. The molecule has 0 saturated carbocycles. The van der Waals surface area contributed by atoms with Crippen LogP contribution in [0.3, 0.4) is 0 Å². The maximum absolute atomic E-state index is 13.6. The van der Waals surface area contributed by atoms with Crippen LogP contribution in [-0.2, 0) is 9.84 Å². The maximum atomic E-state index is 13.6. The molecule has 104 valence electrons. The van der Waals surface area contributed by atoms with Gasteiger partial charge in [-0.3, -0.25) is 0 Å². The van der Waals surface area contributed by atoms with Gasteiger partial charge >= 0.3 is 5.97 Å². The molecule has 1 N–H and O–H groups in total. The zero-order valence-electron chi connectivity index (χ0n) is 9.77. The molecule has 5 nitrogen and oxygen atoms in total. The first-order valence-electron chi connectivity index (χ1n) is 5.48. The summed E-state index contributed by atoms with van der Waals surface area (Å²) in [6.45, 7) is 0.119. The number of carbonyl (C=O) groups is 1. The third-order valence-electron chi connectivity index (χ3n) is 2.95. The largest absolute Gasteiger partial charge is 0.478 e. The van der Waals surface area contributed by atoms with Crippen LogP contribution in [-0.4, -0.2) is 44.1 Å². The van der Waals surface area contributed by atoms with E-state index in [0.29, 0.717) is 6.07 Å². The summed E-state index contributed by atoms with van der Waals surface area (Å²) in [5, 5.41) is 8.79. The molecule has 1 aromatic rings. The van der Waals surface area contributed by atoms with Crippen LogP contribution in [0, 0.1) is 11.6 Å². The summed E-state index contributed by atoms with van der Waals surface area (Å²) in [5.41, 5.74) is -0.724. The second kappa shape index (κ2) is 4.76. The maximum Gasteiger partial charge on any atom is 0.338 e. The van der Waals surface area contributed by atoms with E-state index >= 15 is 0 Å². The molecular formula is C11H11F2NO4S. The molecule has 2 rings (SSSR count). The highest BCUT2D eigenvalue weighted by atomic mass is 32.2. The number of aromatic carboxylic acids is 1. The van der Waals surface area contributed by atoms with Gasteiger partial charge in [-0.25, -0.2) is 22.0 Å². The number of halogens is 2. The van der Waals surface area contributed by atoms with Gasteiger partial charge in [0.2, 0.25) is 0 Å². The first-order valence-corrected chi connectivity index (χ1v) is 7.30. The van der Waals surface area contributed by atoms with E-state index in [9.17, 15) is 22.0 Å². The van der Waals surface area contributed by atoms with Gasteiger partial charge in [-0.15, -0.1) is 0 Å². The molecule has 0 spiro atoms. The van der Waals surface area contributed by atoms with Crippen LogP contribution in [0.2, 0.25) is 0 Å². The zero-order valence-corrected chi connectivity index (χ0v) is 10.6. The van der Waals surface area contributed by atoms with Crippen molar-refractivity contribution in [2.75, 3.05) is 29.5 Å². The first kappa shape index (κ1) is 13.7. The van der Waals surface area contributed by atoms with Crippen LogP contribution in [0.4, 0.5) is 14.5 Å². The molecule has 0 aromatic heterocycles. The van der Waals surface area contributed by atoms with Gasteiger partial charge in [-0.05, 0) is 6.07 Å². The highest BCUT2D eigenvalue weighted by Crippen LogP contribution is 2.25. The van der Waals surface area contributed by atoms with Gasteiger partial charge in [0.25, 0.3) is 0 Å². The van der Waals surface area contributed by atoms with E-state index in [1.54, 1.807) is 0 Å². The summed E-state index contributed by atoms with van der Waals surface area (Å²) in [7, 11) is -3.13. The lowest BCUT2D eigenvalue weighted by Gasteiger charge is -2.29. The number of hydrogen-bond acceptors (Lipinski definition) is 4. The van der Waals surface area contributed by atoms with E-state index in [0.717, 1.165) is 6.07 Å². The Morgan fingerprint density at radius 2 is 1.74 bits per heavy atom. The van der Waals surface area contributed by atoms with Crippen molar-refractivity contribution in [3.63, 3.8) is 0 Å². The van der Waals surface area contributed by atoms with Crippen molar-refractivity contribution >= 4 is 21.5 Å². The van der Waals surface area contributed by atoms with Gasteiger partial charge in [0.15, 0.2) is 9.84 Å². The SMILES string of the molecule is O=C(O)c1cc(N2CCS(=O)(=O)CC2)c(F)cc1F. The predicted molar refractivity (Wildman–Crippen MR) is 64.2 cm³/mol. The van der Waals surface area contributed by atoms with E-state index < -0.39 is 33.0 Å². The summed E-state index contributed by atoms with van der Waals surface area (Å²) in [6, 6.07) is 1.40. The Hall–Kier alpha value is -1.70. The number of anilines is 1. The molecule has 1 aliphatic rings. The number of rotatable bonds is 2. The molecule has 0 unspecified atom stereocenters. The van der Waals surface area contributed by atoms with Crippen molar-refractivity contribution in [1.82, 2.24) is 0 Å². The molecule has 1 saturated heterocycles. The molecule has 1 aromatic carbocycles. The highest BCUT2D eigenvalue weighted by Gasteiger charge is 2.25. The van der Waals surface area contributed by atoms with Crippen molar-refractivity contribution in [2.45, 2.75) is 0 Å². The topological polar surface area (TPSA) is 74.7 Å². The van der Waals surface area contributed by atoms with Crippen molar-refractivity contribution in [3.8, 4) is 0 Å². The van der Waals surface area contributed by atoms with Crippen LogP contribution < -0.4 is 4.90 Å². The molecule has 0 aliphatic carbocycles. The lowest BCUT2D eigenvalue weighted by atomic mass is 10.1. The molecule has 0 amide bonds. The van der Waals surface area contributed by atoms with Crippen LogP contribution >= 0.6 is 0 Å². The number of nitrogens with zero attached hydrogens (tertiary/aromatic N) is 1. The average Bonchev–Trinajstić information content (AvgIpc) is 2.29. The van der Waals surface area contributed by atoms with Crippen LogP contribution in [0.25, 0.3) is 0 Å². The minimum absolute atomic E-state index is 0.0595. The van der Waals surface area contributed by atoms with Gasteiger partial charge in [0.05, 0.1) is 22.8 Å². The van der Waals surface area contributed by atoms with E-state index in [4.69, 9.17) is 5.11 Å². The molecule has 0 bridgehead atoms. The fourth-order valence-electron chi connectivity index (χ4n) is 1.90. The van der Waals surface area contributed by atoms with Gasteiger partial charge in [-0.2, -0.15) is 0 Å². The van der Waals surface area contributed by atoms with E-state index in [1.807, 2.05) is 0 Å². The molecule has 19 heavy (non-hydrogen) atoms. The molecule has 1 aliphatic heterocycles. The van der Waals surface area contributed by atoms with E-state index in [2.05, 4.69) is 0 Å². The number of sulfone groups is 1. The molecular weight excluding hydrogens is 280 g/mol. The van der Waals surface area contributed by atoms with Crippen molar-refractivity contribution in [1.29, 1.82) is 0 Å². The summed E-state index contributed by atoms with van der Waals surface area (Å²) in [6.07, 6.45) is 0. The fourth-order valence-corrected chi connectivity index (χ4v) is 3.10. The zero-order chi connectivity index (χ0) is 14.2. The number of carboxylic acid groups (broad SMARTS) is 1. The second-order valence-electron chi connectivity index (χ2n) is 4.23. The molecule has 1 heterocycles. The van der Waals surface area contributed by atoms with E-state index in [1.165, 1.54) is 4.90 Å². The Balaban J connectivity index is 2.35. The summed E-state index contributed by atoms with van der Waals surface area (Å²) in [5.74, 6) is -3.82. The van der Waals surface area contributed by atoms with Gasteiger partial charge in [0, 0.05) is 19.2 Å². The van der Waals surface area contributed by atoms with Crippen LogP contribution in [0.15, 0.2) is 12.1 Å². The third-order valence-corrected chi connectivity index (χ3v) is 4.56. The normalized spacial score (nSPS) is 18.3. The third kappa shape index (κ3) is 2.83. The highest BCUT2D eigenvalue weighted by molar-refractivity contribution is 7.91. The molecule has 8 heteroatoms. The minimum atomic E-state index is -3.13. The summed E-state index contributed by atoms with van der Waals surface area (Å²) < 4.78 is 49.4. The number of carboxylic acids is 1. The lowest BCUT2D eigenvalue weighted by molar-refractivity contribution is 0.0692. The Bertz CT molecular complexity index is 616. The Kier molecular flexibility index (Phi) is 3.44. The van der Waals surface area contributed by atoms with Gasteiger partial charge in [0.1, 0.15) is 11.6 Å². The smallest absolute Gasteiger partial charge is 0.338 e. The molecule has 1 fully saturated rings. The van der Waals surface area contributed by atoms with Crippen LogP contribution in [0.5, 0.6) is 0 Å².